The van der Waals surface area contributed by atoms with Crippen LogP contribution in [0.25, 0.3) is 11.1 Å². The van der Waals surface area contributed by atoms with Gasteiger partial charge in [-0.2, -0.15) is 5.01 Å². The molecule has 24 heavy (non-hydrogen) atoms. The van der Waals surface area contributed by atoms with Crippen molar-refractivity contribution in [2.45, 2.75) is 6.42 Å². The molecule has 0 heterocycles. The van der Waals surface area contributed by atoms with E-state index < -0.39 is 6.03 Å². The lowest BCUT2D eigenvalue weighted by molar-refractivity contribution is 0.216. The van der Waals surface area contributed by atoms with Crippen molar-refractivity contribution in [2.75, 3.05) is 24.9 Å². The minimum atomic E-state index is -0.595. The van der Waals surface area contributed by atoms with Crippen molar-refractivity contribution in [3.8, 4) is 16.9 Å². The van der Waals surface area contributed by atoms with E-state index in [1.807, 2.05) is 30.3 Å². The lowest BCUT2D eigenvalue weighted by Crippen LogP contribution is -2.31. The number of nitroso groups, excluding NO2 is 1. The number of nitrogens with zero attached hydrogens (tertiary/aromatic N) is 2. The molecule has 0 spiro atoms. The van der Waals surface area contributed by atoms with E-state index in [4.69, 9.17) is 16.3 Å². The van der Waals surface area contributed by atoms with Gasteiger partial charge in [0.2, 0.25) is 0 Å². The van der Waals surface area contributed by atoms with Crippen molar-refractivity contribution in [1.82, 2.24) is 5.01 Å². The number of amides is 2. The van der Waals surface area contributed by atoms with Crippen LogP contribution in [0.1, 0.15) is 11.1 Å². The first kappa shape index (κ1) is 16.3. The Morgan fingerprint density at radius 2 is 1.96 bits per heavy atom. The van der Waals surface area contributed by atoms with Crippen LogP contribution in [-0.4, -0.2) is 30.6 Å². The summed E-state index contributed by atoms with van der Waals surface area (Å²) in [6, 6.07) is 11.1. The van der Waals surface area contributed by atoms with Crippen LogP contribution in [0.15, 0.2) is 41.7 Å². The summed E-state index contributed by atoms with van der Waals surface area (Å²) in [5.74, 6) is 0.962. The molecule has 2 aromatic carbocycles. The molecule has 3 rings (SSSR count). The van der Waals surface area contributed by atoms with Crippen LogP contribution in [0.2, 0.25) is 0 Å². The smallest absolute Gasteiger partial charge is 0.344 e. The van der Waals surface area contributed by atoms with Gasteiger partial charge in [0.1, 0.15) is 5.75 Å². The monoisotopic (exact) mass is 345 g/mol. The average Bonchev–Trinajstić information content (AvgIpc) is 2.95. The van der Waals surface area contributed by atoms with Gasteiger partial charge in [0.05, 0.1) is 18.9 Å². The summed E-state index contributed by atoms with van der Waals surface area (Å²) >= 11 is 5.54. The number of carbonyl (C=O) groups excluding carboxylic acids is 1. The molecule has 0 aromatic heterocycles. The molecule has 124 valence electrons. The lowest BCUT2D eigenvalue weighted by atomic mass is 10.1. The number of hydrogen-bond acceptors (Lipinski definition) is 4. The Bertz CT molecular complexity index is 795. The number of anilines is 1. The highest BCUT2D eigenvalue weighted by Crippen LogP contribution is 2.39. The van der Waals surface area contributed by atoms with Gasteiger partial charge in [-0.05, 0) is 52.9 Å². The van der Waals surface area contributed by atoms with Crippen molar-refractivity contribution >= 4 is 23.3 Å². The Morgan fingerprint density at radius 3 is 2.62 bits per heavy atom. The zero-order chi connectivity index (χ0) is 17.1. The zero-order valence-electron chi connectivity index (χ0n) is 13.1. The molecule has 1 aliphatic rings. The number of alkyl halides is 1. The number of benzene rings is 2. The highest BCUT2D eigenvalue weighted by atomic mass is 35.5. The molecular formula is C17H16ClN3O3. The van der Waals surface area contributed by atoms with Crippen LogP contribution < -0.4 is 10.1 Å². The Morgan fingerprint density at radius 1 is 1.25 bits per heavy atom. The third-order valence-corrected chi connectivity index (χ3v) is 4.14. The molecule has 0 bridgehead atoms. The van der Waals surface area contributed by atoms with Gasteiger partial charge in [0.25, 0.3) is 0 Å². The Labute approximate surface area is 144 Å². The summed E-state index contributed by atoms with van der Waals surface area (Å²) in [5.41, 5.74) is 5.21. The van der Waals surface area contributed by atoms with Crippen LogP contribution in [0.3, 0.4) is 0 Å². The normalized spacial score (nSPS) is 11.4. The average molecular weight is 346 g/mol. The van der Waals surface area contributed by atoms with E-state index in [1.165, 1.54) is 11.1 Å². The van der Waals surface area contributed by atoms with Crippen LogP contribution in [0, 0.1) is 4.91 Å². The van der Waals surface area contributed by atoms with Crippen molar-refractivity contribution in [3.05, 3.63) is 52.4 Å². The molecule has 1 aliphatic carbocycles. The lowest BCUT2D eigenvalue weighted by Gasteiger charge is -2.13. The number of halogens is 1. The summed E-state index contributed by atoms with van der Waals surface area (Å²) in [5, 5.41) is 6.10. The standard InChI is InChI=1S/C17H16ClN3O3/c1-24-14-3-5-16-12(10-14)8-11-9-13(2-4-15(11)16)19-17(22)21(20-23)7-6-18/h2-5,9-10H,6-8H2,1H3,(H,19,22). The Hall–Kier alpha value is -2.60. The molecule has 0 saturated heterocycles. The fraction of sp³-hybridized carbons (Fsp3) is 0.235. The topological polar surface area (TPSA) is 71.0 Å². The fourth-order valence-corrected chi connectivity index (χ4v) is 3.00. The number of fused-ring (bicyclic) bond motifs is 3. The maximum Gasteiger partial charge on any atom is 0.344 e. The summed E-state index contributed by atoms with van der Waals surface area (Å²) in [6.07, 6.45) is 0.767. The van der Waals surface area contributed by atoms with Gasteiger partial charge < -0.3 is 10.1 Å². The molecule has 2 amide bonds. The number of methoxy groups -OCH3 is 1. The zero-order valence-corrected chi connectivity index (χ0v) is 13.8. The summed E-state index contributed by atoms with van der Waals surface area (Å²) < 4.78 is 5.26. The highest BCUT2D eigenvalue weighted by Gasteiger charge is 2.20. The molecule has 0 aliphatic heterocycles. The molecule has 0 saturated carbocycles. The summed E-state index contributed by atoms with van der Waals surface area (Å²) in [6.45, 7) is 0.0626. The SMILES string of the molecule is COc1ccc2c(c1)Cc1cc(NC(=O)N(CCCl)N=O)ccc1-2. The number of urea groups is 1. The molecule has 7 heteroatoms. The van der Waals surface area contributed by atoms with E-state index >= 15 is 0 Å². The van der Waals surface area contributed by atoms with E-state index in [0.717, 1.165) is 28.3 Å². The predicted octanol–water partition coefficient (Wildman–Crippen LogP) is 4.02. The van der Waals surface area contributed by atoms with E-state index in [2.05, 4.69) is 10.6 Å². The van der Waals surface area contributed by atoms with Crippen molar-refractivity contribution < 1.29 is 9.53 Å². The summed E-state index contributed by atoms with van der Waals surface area (Å²) in [4.78, 5) is 22.6. The highest BCUT2D eigenvalue weighted by molar-refractivity contribution is 6.18. The molecular weight excluding hydrogens is 330 g/mol. The second kappa shape index (κ2) is 6.88. The minimum Gasteiger partial charge on any atom is -0.497 e. The third kappa shape index (κ3) is 3.05. The summed E-state index contributed by atoms with van der Waals surface area (Å²) in [7, 11) is 1.64. The van der Waals surface area contributed by atoms with E-state index in [-0.39, 0.29) is 12.4 Å². The first-order chi connectivity index (χ1) is 11.7. The van der Waals surface area contributed by atoms with Crippen molar-refractivity contribution in [1.29, 1.82) is 0 Å². The number of carbonyl (C=O) groups is 1. The third-order valence-electron chi connectivity index (χ3n) is 3.97. The van der Waals surface area contributed by atoms with Crippen molar-refractivity contribution in [3.63, 3.8) is 0 Å². The Balaban J connectivity index is 1.80. The Kier molecular flexibility index (Phi) is 4.66. The van der Waals surface area contributed by atoms with E-state index in [0.29, 0.717) is 5.69 Å². The predicted molar refractivity (Wildman–Crippen MR) is 93.5 cm³/mol. The number of nitrogens with one attached hydrogen (secondary N) is 1. The molecule has 0 fully saturated rings. The second-order valence-corrected chi connectivity index (χ2v) is 5.77. The van der Waals surface area contributed by atoms with Gasteiger partial charge >= 0.3 is 6.03 Å². The van der Waals surface area contributed by atoms with Gasteiger partial charge in [0, 0.05) is 11.6 Å². The van der Waals surface area contributed by atoms with Crippen LogP contribution in [0.4, 0.5) is 10.5 Å². The maximum atomic E-state index is 12.0. The largest absolute Gasteiger partial charge is 0.497 e. The molecule has 1 N–H and O–H groups in total. The van der Waals surface area contributed by atoms with E-state index in [9.17, 15) is 9.70 Å². The minimum absolute atomic E-state index is 0.0626. The molecule has 0 atom stereocenters. The van der Waals surface area contributed by atoms with Crippen molar-refractivity contribution in [2.24, 2.45) is 5.29 Å². The van der Waals surface area contributed by atoms with Gasteiger partial charge in [-0.15, -0.1) is 16.5 Å². The molecule has 6 nitrogen and oxygen atoms in total. The van der Waals surface area contributed by atoms with Crippen LogP contribution >= 0.6 is 11.6 Å². The van der Waals surface area contributed by atoms with Gasteiger partial charge in [-0.25, -0.2) is 4.79 Å². The number of ether oxygens (including phenoxy) is 1. The maximum absolute atomic E-state index is 12.0. The number of hydrogen-bond donors (Lipinski definition) is 1. The quantitative estimate of drug-likeness (QED) is 0.431. The number of rotatable bonds is 5. The van der Waals surface area contributed by atoms with E-state index in [1.54, 1.807) is 13.2 Å². The first-order valence-corrected chi connectivity index (χ1v) is 7.97. The van der Waals surface area contributed by atoms with Gasteiger partial charge in [0.15, 0.2) is 0 Å². The molecule has 2 aromatic rings. The van der Waals surface area contributed by atoms with Crippen LogP contribution in [-0.2, 0) is 6.42 Å². The first-order valence-electron chi connectivity index (χ1n) is 7.44. The molecule has 0 radical (unpaired) electrons. The van der Waals surface area contributed by atoms with Crippen LogP contribution in [0.5, 0.6) is 5.75 Å². The van der Waals surface area contributed by atoms with Gasteiger partial charge in [-0.1, -0.05) is 12.1 Å². The molecule has 0 unspecified atom stereocenters. The second-order valence-electron chi connectivity index (χ2n) is 5.40. The fourth-order valence-electron chi connectivity index (χ4n) is 2.84. The van der Waals surface area contributed by atoms with Gasteiger partial charge in [-0.3, -0.25) is 0 Å².